The summed E-state index contributed by atoms with van der Waals surface area (Å²) >= 11 is 1.02. The van der Waals surface area contributed by atoms with Crippen molar-refractivity contribution in [2.24, 2.45) is 23.5 Å². The van der Waals surface area contributed by atoms with Crippen molar-refractivity contribution in [3.05, 3.63) is 29.8 Å². The van der Waals surface area contributed by atoms with E-state index < -0.39 is 139 Å². The van der Waals surface area contributed by atoms with E-state index in [1.165, 1.54) is 6.92 Å². The van der Waals surface area contributed by atoms with E-state index in [2.05, 4.69) is 42.2 Å². The van der Waals surface area contributed by atoms with Crippen molar-refractivity contribution in [2.75, 3.05) is 32.0 Å². The number of aromatic nitrogens is 1. The van der Waals surface area contributed by atoms with Gasteiger partial charge < -0.3 is 63.0 Å². The molecular formula is C40H53N11O11S. The lowest BCUT2D eigenvalue weighted by atomic mass is 9.93. The van der Waals surface area contributed by atoms with Gasteiger partial charge in [-0.25, -0.2) is 0 Å². The predicted octanol–water partition coefficient (Wildman–Crippen LogP) is -3.86. The van der Waals surface area contributed by atoms with E-state index in [4.69, 9.17) is 5.73 Å². The van der Waals surface area contributed by atoms with Crippen molar-refractivity contribution in [1.29, 1.82) is 5.26 Å². The Bertz CT molecular complexity index is 2160. The topological polar surface area (TPSA) is 347 Å². The first-order valence-corrected chi connectivity index (χ1v) is 21.5. The van der Waals surface area contributed by atoms with Gasteiger partial charge in [0.05, 0.1) is 49.2 Å². The first-order valence-electron chi connectivity index (χ1n) is 20.5. The van der Waals surface area contributed by atoms with Gasteiger partial charge >= 0.3 is 0 Å². The Morgan fingerprint density at radius 1 is 0.889 bits per heavy atom. The lowest BCUT2D eigenvalue weighted by molar-refractivity contribution is -0.144. The maximum Gasteiger partial charge on any atom is 0.246 e. The second-order valence-electron chi connectivity index (χ2n) is 15.9. The number of amides is 9. The van der Waals surface area contributed by atoms with E-state index in [0.29, 0.717) is 27.9 Å². The quantitative estimate of drug-likeness (QED) is 0.127. The van der Waals surface area contributed by atoms with Crippen LogP contribution in [0.2, 0.25) is 0 Å². The Balaban J connectivity index is 1.70. The summed E-state index contributed by atoms with van der Waals surface area (Å²) in [5.74, 6) is -11.0. The second kappa shape index (κ2) is 21.2. The molecule has 1 fully saturated rings. The number of carbonyl (C=O) groups excluding carboxylic acids is 9. The molecule has 9 amide bonds. The first kappa shape index (κ1) is 47.8. The molecule has 5 rings (SSSR count). The standard InChI is InChI=1S/C40H53N11O11S/c1-4-18(2)32-37(60)44-13-30(55)45-26-17-63-39-22(21-7-5-6-8-23(21)48-39)10-24(34(57)43-14-31(56)49-32)46-38(61)33(19(3)28(53)16-52)50-36(59)27-9-20(12-41)15-51(27)40(62)25(11-29(42)54)47-35(26)58/h5-8,18-20,24-28,32-33,48,52-53H,4,9-11,13-17H2,1-3H3,(H2,42,54)(H,43,57)(H,44,60)(H,45,55)(H,46,61)(H,47,58)(H,49,56)(H,50,59)/t18-,19-,20-,24-,25-,26-,27-,28-,32-,33-/m0/s1. The van der Waals surface area contributed by atoms with Gasteiger partial charge in [0, 0.05) is 35.5 Å². The van der Waals surface area contributed by atoms with Crippen LogP contribution in [-0.4, -0.2) is 148 Å². The molecular weight excluding hydrogens is 843 g/mol. The normalized spacial score (nSPS) is 27.4. The molecule has 340 valence electrons. The number of hydrogen-bond donors (Lipinski definition) is 11. The number of carbonyl (C=O) groups is 9. The second-order valence-corrected chi connectivity index (χ2v) is 17.0. The van der Waals surface area contributed by atoms with E-state index in [1.807, 2.05) is 6.07 Å². The number of aromatic amines is 1. The van der Waals surface area contributed by atoms with E-state index in [0.717, 1.165) is 16.7 Å². The zero-order chi connectivity index (χ0) is 46.1. The van der Waals surface area contributed by atoms with Gasteiger partial charge in [-0.3, -0.25) is 43.2 Å². The van der Waals surface area contributed by atoms with Gasteiger partial charge in [0.1, 0.15) is 36.3 Å². The molecule has 1 saturated heterocycles. The molecule has 0 radical (unpaired) electrons. The molecule has 1 aromatic carbocycles. The summed E-state index contributed by atoms with van der Waals surface area (Å²) in [7, 11) is 0. The van der Waals surface area contributed by atoms with Crippen LogP contribution < -0.4 is 43.0 Å². The number of aliphatic hydroxyl groups is 2. The molecule has 0 spiro atoms. The third kappa shape index (κ3) is 11.6. The first-order chi connectivity index (χ1) is 29.9. The highest BCUT2D eigenvalue weighted by molar-refractivity contribution is 7.99. The van der Waals surface area contributed by atoms with Crippen molar-refractivity contribution < 1.29 is 53.4 Å². The Labute approximate surface area is 365 Å². The Morgan fingerprint density at radius 3 is 2.24 bits per heavy atom. The van der Waals surface area contributed by atoms with Crippen molar-refractivity contribution in [3.63, 3.8) is 0 Å². The van der Waals surface area contributed by atoms with Crippen LogP contribution in [0, 0.1) is 29.1 Å². The molecule has 0 saturated carbocycles. The number of nitriles is 1. The SMILES string of the molecule is CC[C@H](C)[C@@H]1NC(=O)CNC(=O)[C@@H]2Cc3c([nH]c4ccccc34)SC[C@H](NC(=O)CNC1=O)C(=O)N[C@@H](CC(N)=O)C(=O)N1C[C@H](C#N)C[C@H]1C(=O)N[C@@H]([C@@H](C)[C@@H](O)CO)C(=O)N2. The maximum atomic E-state index is 14.4. The minimum atomic E-state index is -1.71. The van der Waals surface area contributed by atoms with Crippen LogP contribution in [-0.2, 0) is 49.6 Å². The minimum Gasteiger partial charge on any atom is -0.394 e. The highest BCUT2D eigenvalue weighted by atomic mass is 32.2. The van der Waals surface area contributed by atoms with Crippen molar-refractivity contribution in [1.82, 2.24) is 47.1 Å². The van der Waals surface area contributed by atoms with E-state index in [-0.39, 0.29) is 25.1 Å². The minimum absolute atomic E-state index is 0.244. The smallest absolute Gasteiger partial charge is 0.246 e. The summed E-state index contributed by atoms with van der Waals surface area (Å²) in [5, 5.41) is 49.3. The van der Waals surface area contributed by atoms with Crippen LogP contribution >= 0.6 is 11.8 Å². The van der Waals surface area contributed by atoms with Crippen LogP contribution in [0.15, 0.2) is 29.3 Å². The fourth-order valence-corrected chi connectivity index (χ4v) is 8.75. The Kier molecular flexibility index (Phi) is 16.1. The van der Waals surface area contributed by atoms with Crippen molar-refractivity contribution in [3.8, 4) is 6.07 Å². The van der Waals surface area contributed by atoms with Crippen molar-refractivity contribution >= 4 is 75.8 Å². The lowest BCUT2D eigenvalue weighted by Gasteiger charge is -2.33. The molecule has 3 aliphatic rings. The number of H-pyrrole nitrogens is 1. The molecule has 22 nitrogen and oxygen atoms in total. The average Bonchev–Trinajstić information content (AvgIpc) is 3.86. The average molecular weight is 896 g/mol. The van der Waals surface area contributed by atoms with Crippen molar-refractivity contribution in [2.45, 2.75) is 93.8 Å². The number of nitrogens with one attached hydrogen (secondary N) is 8. The monoisotopic (exact) mass is 895 g/mol. The fourth-order valence-electron chi connectivity index (χ4n) is 7.63. The highest BCUT2D eigenvalue weighted by Gasteiger charge is 2.45. The molecule has 63 heavy (non-hydrogen) atoms. The zero-order valence-corrected chi connectivity index (χ0v) is 35.7. The number of para-hydroxylation sites is 1. The zero-order valence-electron chi connectivity index (χ0n) is 34.9. The van der Waals surface area contributed by atoms with Gasteiger partial charge in [0.25, 0.3) is 0 Å². The summed E-state index contributed by atoms with van der Waals surface area (Å²) in [6.07, 6.45) is -2.45. The highest BCUT2D eigenvalue weighted by Crippen LogP contribution is 2.32. The van der Waals surface area contributed by atoms with Gasteiger partial charge in [0.15, 0.2) is 0 Å². The van der Waals surface area contributed by atoms with Crippen LogP contribution in [0.1, 0.15) is 45.6 Å². The molecule has 4 heterocycles. The van der Waals surface area contributed by atoms with Crippen LogP contribution in [0.3, 0.4) is 0 Å². The molecule has 23 heteroatoms. The molecule has 2 bridgehead atoms. The van der Waals surface area contributed by atoms with Gasteiger partial charge in [-0.2, -0.15) is 5.26 Å². The van der Waals surface area contributed by atoms with Gasteiger partial charge in [-0.05, 0) is 24.0 Å². The maximum absolute atomic E-state index is 14.4. The predicted molar refractivity (Wildman–Crippen MR) is 223 cm³/mol. The number of primary amides is 1. The number of aliphatic hydroxyl groups excluding tert-OH is 2. The summed E-state index contributed by atoms with van der Waals surface area (Å²) < 4.78 is 0. The molecule has 0 unspecified atom stereocenters. The number of hydrogen-bond acceptors (Lipinski definition) is 13. The number of fused-ring (bicyclic) bond motifs is 5. The third-order valence-electron chi connectivity index (χ3n) is 11.5. The van der Waals surface area contributed by atoms with Crippen LogP contribution in [0.25, 0.3) is 10.9 Å². The Hall–Kier alpha value is -6.25. The molecule has 1 aromatic heterocycles. The number of benzene rings is 1. The van der Waals surface area contributed by atoms with Crippen LogP contribution in [0.4, 0.5) is 0 Å². The van der Waals surface area contributed by atoms with E-state index in [9.17, 15) is 58.6 Å². The molecule has 0 aliphatic carbocycles. The molecule has 2 aromatic rings. The largest absolute Gasteiger partial charge is 0.394 e. The van der Waals surface area contributed by atoms with E-state index in [1.54, 1.807) is 38.1 Å². The van der Waals surface area contributed by atoms with E-state index >= 15 is 0 Å². The van der Waals surface area contributed by atoms with Gasteiger partial charge in [-0.1, -0.05) is 45.4 Å². The third-order valence-corrected chi connectivity index (χ3v) is 12.6. The molecule has 12 N–H and O–H groups in total. The molecule has 10 atom stereocenters. The number of rotatable bonds is 7. The fraction of sp³-hybridized carbons (Fsp3) is 0.550. The van der Waals surface area contributed by atoms with Gasteiger partial charge in [-0.15, -0.1) is 11.8 Å². The summed E-state index contributed by atoms with van der Waals surface area (Å²) in [4.78, 5) is 128. The van der Waals surface area contributed by atoms with Crippen LogP contribution in [0.5, 0.6) is 0 Å². The van der Waals surface area contributed by atoms with Gasteiger partial charge in [0.2, 0.25) is 53.2 Å². The summed E-state index contributed by atoms with van der Waals surface area (Å²) in [5.41, 5.74) is 6.56. The lowest BCUT2D eigenvalue weighted by Crippen LogP contribution is -2.62. The Morgan fingerprint density at radius 2 is 1.57 bits per heavy atom. The number of thioether (sulfide) groups is 1. The molecule has 3 aliphatic heterocycles. The number of nitrogens with zero attached hydrogens (tertiary/aromatic N) is 2. The summed E-state index contributed by atoms with van der Waals surface area (Å²) in [6.45, 7) is 2.33. The summed E-state index contributed by atoms with van der Waals surface area (Å²) in [6, 6.07) is -0.0731. The number of nitrogens with two attached hydrogens (primary N) is 1.